The zero-order valence-corrected chi connectivity index (χ0v) is 12.1. The van der Waals surface area contributed by atoms with Gasteiger partial charge < -0.3 is 9.98 Å². The fourth-order valence-corrected chi connectivity index (χ4v) is 3.11. The maximum atomic E-state index is 8.29. The summed E-state index contributed by atoms with van der Waals surface area (Å²) in [7, 11) is 2.09. The molecule has 0 bridgehead atoms. The molecular weight excluding hydrogens is 256 g/mol. The molecule has 0 radical (unpaired) electrons. The summed E-state index contributed by atoms with van der Waals surface area (Å²) >= 11 is 0. The standard InChI is InChI=1S/C16H18N2.ClH/c1-11-10-18(2)15-9-13(8-14(17)16(11)15)12-6-4-3-5-7-12;/h3-7,10,13,17H,8-9H2,1-2H3;1H. The Labute approximate surface area is 120 Å². The summed E-state index contributed by atoms with van der Waals surface area (Å²) in [6.07, 6.45) is 4.06. The molecule has 100 valence electrons. The van der Waals surface area contributed by atoms with Gasteiger partial charge in [-0.05, 0) is 36.8 Å². The van der Waals surface area contributed by atoms with Gasteiger partial charge in [0.05, 0.1) is 0 Å². The number of fused-ring (bicyclic) bond motifs is 1. The highest BCUT2D eigenvalue weighted by Crippen LogP contribution is 2.34. The summed E-state index contributed by atoms with van der Waals surface area (Å²) in [4.78, 5) is 0. The maximum Gasteiger partial charge on any atom is 0.0413 e. The second kappa shape index (κ2) is 5.22. The molecule has 0 saturated heterocycles. The first kappa shape index (κ1) is 13.9. The van der Waals surface area contributed by atoms with E-state index in [9.17, 15) is 0 Å². The molecule has 0 fully saturated rings. The maximum absolute atomic E-state index is 8.29. The second-order valence-corrected chi connectivity index (χ2v) is 5.24. The third-order valence-electron chi connectivity index (χ3n) is 3.96. The van der Waals surface area contributed by atoms with Crippen molar-refractivity contribution in [1.29, 1.82) is 5.41 Å². The zero-order valence-electron chi connectivity index (χ0n) is 11.3. The molecule has 1 aliphatic rings. The molecule has 1 aromatic heterocycles. The first-order chi connectivity index (χ1) is 8.66. The number of halogens is 1. The van der Waals surface area contributed by atoms with Gasteiger partial charge in [0.1, 0.15) is 0 Å². The number of aryl methyl sites for hydroxylation is 2. The van der Waals surface area contributed by atoms with Gasteiger partial charge in [-0.3, -0.25) is 0 Å². The van der Waals surface area contributed by atoms with Crippen LogP contribution in [0.1, 0.15) is 34.7 Å². The minimum absolute atomic E-state index is 0. The molecule has 2 aromatic rings. The van der Waals surface area contributed by atoms with Gasteiger partial charge in [0.2, 0.25) is 0 Å². The average Bonchev–Trinajstić information content (AvgIpc) is 2.66. The number of nitrogens with one attached hydrogen (secondary N) is 1. The summed E-state index contributed by atoms with van der Waals surface area (Å²) in [6, 6.07) is 10.6. The Morgan fingerprint density at radius 2 is 1.84 bits per heavy atom. The number of hydrogen-bond donors (Lipinski definition) is 1. The highest BCUT2D eigenvalue weighted by atomic mass is 35.5. The number of nitrogens with zero attached hydrogens (tertiary/aromatic N) is 1. The van der Waals surface area contributed by atoms with E-state index in [1.807, 2.05) is 0 Å². The van der Waals surface area contributed by atoms with Crippen LogP contribution in [0.5, 0.6) is 0 Å². The Morgan fingerprint density at radius 1 is 1.16 bits per heavy atom. The fourth-order valence-electron chi connectivity index (χ4n) is 3.11. The van der Waals surface area contributed by atoms with Crippen LogP contribution in [0.25, 0.3) is 0 Å². The Kier molecular flexibility index (Phi) is 3.81. The van der Waals surface area contributed by atoms with Gasteiger partial charge in [-0.15, -0.1) is 12.4 Å². The van der Waals surface area contributed by atoms with Crippen LogP contribution in [0, 0.1) is 12.3 Å². The van der Waals surface area contributed by atoms with Crippen molar-refractivity contribution in [1.82, 2.24) is 4.57 Å². The van der Waals surface area contributed by atoms with Crippen molar-refractivity contribution in [3.05, 3.63) is 58.9 Å². The van der Waals surface area contributed by atoms with Crippen molar-refractivity contribution in [3.63, 3.8) is 0 Å². The lowest BCUT2D eigenvalue weighted by atomic mass is 9.81. The second-order valence-electron chi connectivity index (χ2n) is 5.24. The van der Waals surface area contributed by atoms with Crippen LogP contribution in [0.3, 0.4) is 0 Å². The monoisotopic (exact) mass is 274 g/mol. The molecule has 0 amide bonds. The number of hydrogen-bond acceptors (Lipinski definition) is 1. The highest BCUT2D eigenvalue weighted by Gasteiger charge is 2.27. The van der Waals surface area contributed by atoms with Crippen LogP contribution >= 0.6 is 12.4 Å². The minimum atomic E-state index is 0. The molecule has 1 N–H and O–H groups in total. The lowest BCUT2D eigenvalue weighted by Gasteiger charge is -2.25. The Morgan fingerprint density at radius 3 is 2.53 bits per heavy atom. The zero-order chi connectivity index (χ0) is 12.7. The minimum Gasteiger partial charge on any atom is -0.354 e. The van der Waals surface area contributed by atoms with E-state index in [1.54, 1.807) is 0 Å². The van der Waals surface area contributed by atoms with E-state index < -0.39 is 0 Å². The summed E-state index contributed by atoms with van der Waals surface area (Å²) in [5, 5.41) is 8.29. The van der Waals surface area contributed by atoms with Gasteiger partial charge in [0, 0.05) is 30.2 Å². The predicted molar refractivity (Wildman–Crippen MR) is 81.7 cm³/mol. The van der Waals surface area contributed by atoms with Crippen LogP contribution in [-0.2, 0) is 13.5 Å². The van der Waals surface area contributed by atoms with Crippen LogP contribution in [0.15, 0.2) is 36.5 Å². The Bertz CT molecular complexity index is 599. The molecule has 3 rings (SSSR count). The molecule has 0 saturated carbocycles. The molecule has 1 heterocycles. The van der Waals surface area contributed by atoms with Crippen molar-refractivity contribution in [2.75, 3.05) is 0 Å². The summed E-state index contributed by atoms with van der Waals surface area (Å²) in [6.45, 7) is 2.11. The Balaban J connectivity index is 0.00000133. The smallest absolute Gasteiger partial charge is 0.0413 e. The van der Waals surface area contributed by atoms with E-state index in [0.29, 0.717) is 5.92 Å². The molecular formula is C16H19ClN2. The van der Waals surface area contributed by atoms with Crippen molar-refractivity contribution in [3.8, 4) is 0 Å². The largest absolute Gasteiger partial charge is 0.354 e. The van der Waals surface area contributed by atoms with Crippen molar-refractivity contribution < 1.29 is 0 Å². The lowest BCUT2D eigenvalue weighted by molar-refractivity contribution is 0.654. The SMILES string of the molecule is Cc1cn(C)c2c1C(=N)CC(c1ccccc1)C2.Cl. The van der Waals surface area contributed by atoms with Crippen LogP contribution < -0.4 is 0 Å². The number of aromatic nitrogens is 1. The van der Waals surface area contributed by atoms with Crippen LogP contribution in [0.4, 0.5) is 0 Å². The van der Waals surface area contributed by atoms with Crippen LogP contribution in [0.2, 0.25) is 0 Å². The van der Waals surface area contributed by atoms with E-state index in [1.165, 1.54) is 22.4 Å². The first-order valence-electron chi connectivity index (χ1n) is 6.44. The fraction of sp³-hybridized carbons (Fsp3) is 0.312. The molecule has 2 nitrogen and oxygen atoms in total. The van der Waals surface area contributed by atoms with Gasteiger partial charge in [-0.1, -0.05) is 30.3 Å². The summed E-state index contributed by atoms with van der Waals surface area (Å²) < 4.78 is 2.19. The molecule has 19 heavy (non-hydrogen) atoms. The van der Waals surface area contributed by atoms with Crippen molar-refractivity contribution in [2.24, 2.45) is 7.05 Å². The molecule has 1 unspecified atom stereocenters. The summed E-state index contributed by atoms with van der Waals surface area (Å²) in [5.74, 6) is 0.458. The highest BCUT2D eigenvalue weighted by molar-refractivity contribution is 6.02. The van der Waals surface area contributed by atoms with Crippen molar-refractivity contribution in [2.45, 2.75) is 25.7 Å². The lowest BCUT2D eigenvalue weighted by Crippen LogP contribution is -2.20. The molecule has 3 heteroatoms. The first-order valence-corrected chi connectivity index (χ1v) is 6.44. The molecule has 1 atom stereocenters. The number of benzene rings is 1. The topological polar surface area (TPSA) is 28.8 Å². The van der Waals surface area contributed by atoms with Gasteiger partial charge in [-0.2, -0.15) is 0 Å². The molecule has 0 spiro atoms. The predicted octanol–water partition coefficient (Wildman–Crippen LogP) is 3.85. The van der Waals surface area contributed by atoms with E-state index in [2.05, 4.69) is 55.1 Å². The molecule has 0 aliphatic heterocycles. The van der Waals surface area contributed by atoms with Gasteiger partial charge in [0.25, 0.3) is 0 Å². The average molecular weight is 275 g/mol. The quantitative estimate of drug-likeness (QED) is 0.818. The normalized spacial score (nSPS) is 17.8. The van der Waals surface area contributed by atoms with Crippen LogP contribution in [-0.4, -0.2) is 10.3 Å². The third-order valence-corrected chi connectivity index (χ3v) is 3.96. The van der Waals surface area contributed by atoms with E-state index in [-0.39, 0.29) is 12.4 Å². The Hall–Kier alpha value is -1.54. The van der Waals surface area contributed by atoms with Gasteiger partial charge >= 0.3 is 0 Å². The van der Waals surface area contributed by atoms with Gasteiger partial charge in [0.15, 0.2) is 0 Å². The van der Waals surface area contributed by atoms with Crippen molar-refractivity contribution >= 4 is 18.1 Å². The van der Waals surface area contributed by atoms with Gasteiger partial charge in [-0.25, -0.2) is 0 Å². The third kappa shape index (κ3) is 2.33. The van der Waals surface area contributed by atoms with E-state index in [0.717, 1.165) is 18.6 Å². The molecule has 1 aliphatic carbocycles. The number of rotatable bonds is 1. The van der Waals surface area contributed by atoms with E-state index >= 15 is 0 Å². The molecule has 1 aromatic carbocycles. The summed E-state index contributed by atoms with van der Waals surface area (Å²) in [5.41, 5.74) is 5.89. The van der Waals surface area contributed by atoms with E-state index in [4.69, 9.17) is 5.41 Å².